The summed E-state index contributed by atoms with van der Waals surface area (Å²) in [5.74, 6) is -0.752. The van der Waals surface area contributed by atoms with Crippen molar-refractivity contribution < 1.29 is 32.3 Å². The molecule has 3 amide bonds. The number of primary amides is 2. The van der Waals surface area contributed by atoms with E-state index in [-0.39, 0.29) is 65.8 Å². The van der Waals surface area contributed by atoms with Gasteiger partial charge in [0, 0.05) is 30.5 Å². The van der Waals surface area contributed by atoms with Crippen molar-refractivity contribution in [1.29, 1.82) is 0 Å². The molecule has 0 saturated carbocycles. The van der Waals surface area contributed by atoms with Crippen LogP contribution in [-0.4, -0.2) is 77.2 Å². The van der Waals surface area contributed by atoms with Crippen molar-refractivity contribution >= 4 is 55.9 Å². The van der Waals surface area contributed by atoms with Gasteiger partial charge < -0.3 is 36.6 Å². The fraction of sp³-hybridized carbons (Fsp3) is 0.387. The van der Waals surface area contributed by atoms with Crippen molar-refractivity contribution in [2.75, 3.05) is 48.1 Å². The number of nitrogen functional groups attached to an aromatic ring is 1. The number of sulfone groups is 1. The molecule has 2 aromatic carbocycles. The molecule has 0 spiro atoms. The van der Waals surface area contributed by atoms with Gasteiger partial charge >= 0.3 is 0 Å². The molecule has 0 bridgehead atoms. The van der Waals surface area contributed by atoms with Gasteiger partial charge in [-0.1, -0.05) is 0 Å². The molecule has 3 heterocycles. The van der Waals surface area contributed by atoms with E-state index in [1.54, 1.807) is 22.9 Å². The van der Waals surface area contributed by atoms with Crippen LogP contribution < -0.4 is 37.3 Å². The fourth-order valence-electron chi connectivity index (χ4n) is 5.63. The number of hydrogen-bond donors (Lipinski definition) is 5. The smallest absolute Gasteiger partial charge is 0.276 e. The zero-order valence-corrected chi connectivity index (χ0v) is 27.7. The van der Waals surface area contributed by atoms with Crippen LogP contribution in [0.25, 0.3) is 11.0 Å². The Hall–Kier alpha value is -5.32. The zero-order valence-electron chi connectivity index (χ0n) is 26.9. The van der Waals surface area contributed by atoms with Crippen molar-refractivity contribution in [3.05, 3.63) is 52.8 Å². The number of carbonyl (C=O) groups excluding carboxylic acids is 3. The molecule has 5 rings (SSSR count). The van der Waals surface area contributed by atoms with Crippen molar-refractivity contribution in [2.45, 2.75) is 45.7 Å². The minimum Gasteiger partial charge on any atom is -0.491 e. The number of nitrogens with two attached hydrogens (primary N) is 3. The van der Waals surface area contributed by atoms with Crippen LogP contribution in [0.3, 0.4) is 0 Å². The molecule has 4 aromatic rings. The average molecular weight is 682 g/mol. The van der Waals surface area contributed by atoms with Gasteiger partial charge in [0.2, 0.25) is 17.8 Å². The molecule has 0 saturated heterocycles. The highest BCUT2D eigenvalue weighted by Crippen LogP contribution is 2.39. The summed E-state index contributed by atoms with van der Waals surface area (Å²) in [6.07, 6.45) is 2.58. The lowest BCUT2D eigenvalue weighted by atomic mass is 10.1. The monoisotopic (exact) mass is 681 g/mol. The largest absolute Gasteiger partial charge is 0.491 e. The highest BCUT2D eigenvalue weighted by molar-refractivity contribution is 7.90. The first-order valence-electron chi connectivity index (χ1n) is 15.4. The maximum absolute atomic E-state index is 13.4. The van der Waals surface area contributed by atoms with E-state index < -0.39 is 21.7 Å². The van der Waals surface area contributed by atoms with E-state index in [1.807, 2.05) is 18.4 Å². The van der Waals surface area contributed by atoms with Crippen LogP contribution in [0.1, 0.15) is 69.1 Å². The summed E-state index contributed by atoms with van der Waals surface area (Å²) in [5.41, 5.74) is 20.5. The van der Waals surface area contributed by atoms with Gasteiger partial charge in [-0.15, -0.1) is 0 Å². The molecule has 1 aliphatic heterocycles. The van der Waals surface area contributed by atoms with Gasteiger partial charge in [0.25, 0.3) is 5.91 Å². The van der Waals surface area contributed by atoms with E-state index in [1.165, 1.54) is 12.1 Å². The fourth-order valence-corrected chi connectivity index (χ4v) is 6.28. The van der Waals surface area contributed by atoms with Crippen LogP contribution in [0.4, 0.5) is 17.3 Å². The molecule has 256 valence electrons. The molecule has 8 N–H and O–H groups in total. The molecule has 0 aliphatic carbocycles. The lowest BCUT2D eigenvalue weighted by molar-refractivity contribution is 0.0991. The summed E-state index contributed by atoms with van der Waals surface area (Å²) in [6.45, 7) is 4.96. The second kappa shape index (κ2) is 13.8. The van der Waals surface area contributed by atoms with E-state index in [2.05, 4.69) is 20.7 Å². The second-order valence-electron chi connectivity index (χ2n) is 11.6. The Kier molecular flexibility index (Phi) is 9.79. The Morgan fingerprint density at radius 3 is 2.50 bits per heavy atom. The van der Waals surface area contributed by atoms with E-state index in [0.717, 1.165) is 6.26 Å². The number of rotatable bonds is 15. The van der Waals surface area contributed by atoms with Gasteiger partial charge in [-0.3, -0.25) is 24.4 Å². The van der Waals surface area contributed by atoms with Gasteiger partial charge in [0.15, 0.2) is 0 Å². The summed E-state index contributed by atoms with van der Waals surface area (Å²) in [5, 5.41) is 10.6. The summed E-state index contributed by atoms with van der Waals surface area (Å²) in [6, 6.07) is 7.50. The number of benzene rings is 2. The summed E-state index contributed by atoms with van der Waals surface area (Å²) in [7, 11) is -3.17. The van der Waals surface area contributed by atoms with E-state index >= 15 is 0 Å². The molecular weight excluding hydrogens is 642 g/mol. The lowest BCUT2D eigenvalue weighted by Gasteiger charge is -2.27. The number of ether oxygens (including phenoxy) is 2. The highest BCUT2D eigenvalue weighted by Gasteiger charge is 2.29. The molecular formula is C31H39N9O7S. The quantitative estimate of drug-likeness (QED) is 0.0900. The van der Waals surface area contributed by atoms with Crippen LogP contribution in [0.2, 0.25) is 0 Å². The molecule has 0 unspecified atom stereocenters. The predicted octanol–water partition coefficient (Wildman–Crippen LogP) is 2.23. The normalized spacial score (nSPS) is 14.0. The first-order valence-corrected chi connectivity index (χ1v) is 17.4. The molecule has 0 fully saturated rings. The Bertz CT molecular complexity index is 2000. The van der Waals surface area contributed by atoms with E-state index in [4.69, 9.17) is 26.7 Å². The van der Waals surface area contributed by atoms with Crippen LogP contribution >= 0.6 is 0 Å². The molecule has 48 heavy (non-hydrogen) atoms. The van der Waals surface area contributed by atoms with E-state index in [0.29, 0.717) is 59.8 Å². The lowest BCUT2D eigenvalue weighted by Crippen LogP contribution is -2.26. The van der Waals surface area contributed by atoms with Crippen molar-refractivity contribution in [2.24, 2.45) is 11.5 Å². The number of anilines is 3. The van der Waals surface area contributed by atoms with Crippen LogP contribution in [0, 0.1) is 6.92 Å². The number of amides is 3. The van der Waals surface area contributed by atoms with Gasteiger partial charge in [0.05, 0.1) is 35.3 Å². The third-order valence-electron chi connectivity index (χ3n) is 7.84. The van der Waals surface area contributed by atoms with Gasteiger partial charge in [-0.2, -0.15) is 5.10 Å². The molecule has 1 aliphatic rings. The Morgan fingerprint density at radius 2 is 1.81 bits per heavy atom. The standard InChI is InChI=1S/C31H39N9O7S/c1-4-39-23(11-17(2)38-39)30(43)37-31-36-22-13-19(29(34)42)15-25-27(22)40(31)20(16-47-25)7-5-8-35-26-21(32)12-18(28(33)41)14-24(26)46-9-6-10-48(3,44)45/h11-15,20,35H,4-10,16,32H2,1-3H3,(H2,33,41)(H2,34,42)(H,36,37,43)/t20-/m0/s1. The molecule has 1 atom stereocenters. The van der Waals surface area contributed by atoms with Crippen LogP contribution in [0.15, 0.2) is 30.3 Å². The second-order valence-corrected chi connectivity index (χ2v) is 13.9. The maximum Gasteiger partial charge on any atom is 0.276 e. The minimum absolute atomic E-state index is 0.0526. The molecule has 17 heteroatoms. The van der Waals surface area contributed by atoms with Gasteiger partial charge in [-0.05, 0) is 63.4 Å². The van der Waals surface area contributed by atoms with Crippen LogP contribution in [0.5, 0.6) is 11.5 Å². The van der Waals surface area contributed by atoms with Crippen LogP contribution in [-0.2, 0) is 16.4 Å². The van der Waals surface area contributed by atoms with Gasteiger partial charge in [-0.25, -0.2) is 13.4 Å². The maximum atomic E-state index is 13.4. The number of nitrogens with one attached hydrogen (secondary N) is 2. The molecule has 2 aromatic heterocycles. The molecule has 0 radical (unpaired) electrons. The number of aryl methyl sites for hydroxylation is 2. The number of hydrogen-bond acceptors (Lipinski definition) is 11. The highest BCUT2D eigenvalue weighted by atomic mass is 32.2. The SMILES string of the molecule is CCn1nc(C)cc1C(=O)Nc1nc2cc(C(N)=O)cc3c2n1[C@@H](CCCNc1c(N)cc(C(N)=O)cc1OCCCS(C)(=O)=O)CO3. The Labute approximate surface area is 276 Å². The van der Waals surface area contributed by atoms with Crippen molar-refractivity contribution in [3.63, 3.8) is 0 Å². The first-order chi connectivity index (χ1) is 22.8. The third-order valence-corrected chi connectivity index (χ3v) is 8.87. The average Bonchev–Trinajstić information content (AvgIpc) is 3.59. The zero-order chi connectivity index (χ0) is 34.7. The summed E-state index contributed by atoms with van der Waals surface area (Å²) < 4.78 is 38.5. The number of nitrogens with zero attached hydrogens (tertiary/aromatic N) is 4. The third kappa shape index (κ3) is 7.46. The Balaban J connectivity index is 1.36. The number of carbonyl (C=O) groups is 3. The topological polar surface area (TPSA) is 242 Å². The predicted molar refractivity (Wildman–Crippen MR) is 180 cm³/mol. The molecule has 16 nitrogen and oxygen atoms in total. The number of aromatic nitrogens is 4. The minimum atomic E-state index is -3.17. The van der Waals surface area contributed by atoms with Crippen molar-refractivity contribution in [1.82, 2.24) is 19.3 Å². The van der Waals surface area contributed by atoms with Crippen molar-refractivity contribution in [3.8, 4) is 11.5 Å². The summed E-state index contributed by atoms with van der Waals surface area (Å²) >= 11 is 0. The Morgan fingerprint density at radius 1 is 1.08 bits per heavy atom. The summed E-state index contributed by atoms with van der Waals surface area (Å²) in [4.78, 5) is 41.9. The van der Waals surface area contributed by atoms with E-state index in [9.17, 15) is 22.8 Å². The van der Waals surface area contributed by atoms with Gasteiger partial charge in [0.1, 0.15) is 44.8 Å². The number of imidazole rings is 1. The first kappa shape index (κ1) is 34.0.